The Morgan fingerprint density at radius 3 is 2.38 bits per heavy atom. The molecule has 0 aliphatic carbocycles. The first-order valence-electron chi connectivity index (χ1n) is 8.74. The van der Waals surface area contributed by atoms with Crippen LogP contribution in [0, 0.1) is 0 Å². The summed E-state index contributed by atoms with van der Waals surface area (Å²) in [5.41, 5.74) is 8.36. The predicted molar refractivity (Wildman–Crippen MR) is 101 cm³/mol. The lowest BCUT2D eigenvalue weighted by atomic mass is 10.1. The van der Waals surface area contributed by atoms with E-state index in [9.17, 15) is 9.59 Å². The standard InChI is InChI=1S/C20H22N4O2/c1-3-14-9-11-15(12-10-14)20(26)23-22-19(25)13-24-17-8-6-5-7-16(17)21-18(24)4-2/h5-12H,3-4,13H2,1-2H3,(H,22,25)(H,23,26). The number of nitrogens with zero attached hydrogens (tertiary/aromatic N) is 2. The fourth-order valence-corrected chi connectivity index (χ4v) is 2.85. The molecule has 2 aromatic carbocycles. The highest BCUT2D eigenvalue weighted by Crippen LogP contribution is 2.16. The molecular weight excluding hydrogens is 328 g/mol. The summed E-state index contributed by atoms with van der Waals surface area (Å²) < 4.78 is 1.87. The molecule has 0 radical (unpaired) electrons. The number of para-hydroxylation sites is 2. The van der Waals surface area contributed by atoms with E-state index in [0.29, 0.717) is 5.56 Å². The summed E-state index contributed by atoms with van der Waals surface area (Å²) in [7, 11) is 0. The molecule has 0 saturated carbocycles. The van der Waals surface area contributed by atoms with Crippen LogP contribution >= 0.6 is 0 Å². The highest BCUT2D eigenvalue weighted by Gasteiger charge is 2.13. The van der Waals surface area contributed by atoms with Crippen LogP contribution in [-0.4, -0.2) is 21.4 Å². The van der Waals surface area contributed by atoms with Crippen LogP contribution in [0.15, 0.2) is 48.5 Å². The largest absolute Gasteiger partial charge is 0.318 e. The number of amides is 2. The van der Waals surface area contributed by atoms with Gasteiger partial charge in [0.1, 0.15) is 12.4 Å². The molecule has 0 atom stereocenters. The van der Waals surface area contributed by atoms with Crippen LogP contribution in [0.5, 0.6) is 0 Å². The number of aromatic nitrogens is 2. The maximum Gasteiger partial charge on any atom is 0.269 e. The molecule has 0 unspecified atom stereocenters. The molecule has 6 nitrogen and oxygen atoms in total. The van der Waals surface area contributed by atoms with Crippen molar-refractivity contribution in [3.63, 3.8) is 0 Å². The number of aryl methyl sites for hydroxylation is 2. The molecule has 0 aliphatic heterocycles. The quantitative estimate of drug-likeness (QED) is 0.695. The number of benzene rings is 2. The van der Waals surface area contributed by atoms with Gasteiger partial charge in [0, 0.05) is 12.0 Å². The molecular formula is C20H22N4O2. The second-order valence-electron chi connectivity index (χ2n) is 6.01. The first-order valence-corrected chi connectivity index (χ1v) is 8.74. The molecule has 26 heavy (non-hydrogen) atoms. The first kappa shape index (κ1) is 17.7. The van der Waals surface area contributed by atoms with Crippen molar-refractivity contribution in [3.05, 3.63) is 65.5 Å². The van der Waals surface area contributed by atoms with Crippen LogP contribution in [0.2, 0.25) is 0 Å². The third-order valence-electron chi connectivity index (χ3n) is 4.29. The van der Waals surface area contributed by atoms with Gasteiger partial charge >= 0.3 is 0 Å². The van der Waals surface area contributed by atoms with Crippen LogP contribution in [0.1, 0.15) is 35.6 Å². The van der Waals surface area contributed by atoms with Gasteiger partial charge < -0.3 is 4.57 Å². The van der Waals surface area contributed by atoms with Gasteiger partial charge in [-0.3, -0.25) is 20.4 Å². The lowest BCUT2D eigenvalue weighted by Gasteiger charge is -2.10. The molecule has 0 aliphatic rings. The van der Waals surface area contributed by atoms with E-state index < -0.39 is 0 Å². The van der Waals surface area contributed by atoms with Crippen molar-refractivity contribution < 1.29 is 9.59 Å². The van der Waals surface area contributed by atoms with E-state index in [2.05, 4.69) is 22.8 Å². The number of fused-ring (bicyclic) bond motifs is 1. The van der Waals surface area contributed by atoms with E-state index in [1.54, 1.807) is 12.1 Å². The molecule has 3 rings (SSSR count). The number of hydrogen-bond donors (Lipinski definition) is 2. The molecule has 0 bridgehead atoms. The zero-order valence-corrected chi connectivity index (χ0v) is 15.0. The number of hydrogen-bond acceptors (Lipinski definition) is 3. The van der Waals surface area contributed by atoms with Crippen LogP contribution < -0.4 is 10.9 Å². The fraction of sp³-hybridized carbons (Fsp3) is 0.250. The van der Waals surface area contributed by atoms with Crippen molar-refractivity contribution in [1.82, 2.24) is 20.4 Å². The van der Waals surface area contributed by atoms with E-state index in [4.69, 9.17) is 0 Å². The van der Waals surface area contributed by atoms with E-state index in [1.165, 1.54) is 0 Å². The van der Waals surface area contributed by atoms with E-state index in [-0.39, 0.29) is 18.4 Å². The molecule has 2 N–H and O–H groups in total. The first-order chi connectivity index (χ1) is 12.6. The Bertz CT molecular complexity index is 929. The third-order valence-corrected chi connectivity index (χ3v) is 4.29. The Hall–Kier alpha value is -3.15. The van der Waals surface area contributed by atoms with Crippen molar-refractivity contribution >= 4 is 22.8 Å². The van der Waals surface area contributed by atoms with Gasteiger partial charge in [0.25, 0.3) is 11.8 Å². The summed E-state index contributed by atoms with van der Waals surface area (Å²) in [6, 6.07) is 15.0. The number of carbonyl (C=O) groups excluding carboxylic acids is 2. The molecule has 1 aromatic heterocycles. The van der Waals surface area contributed by atoms with Gasteiger partial charge in [-0.2, -0.15) is 0 Å². The number of hydrazine groups is 1. The van der Waals surface area contributed by atoms with Crippen molar-refractivity contribution in [2.45, 2.75) is 33.2 Å². The zero-order chi connectivity index (χ0) is 18.5. The van der Waals surface area contributed by atoms with E-state index in [1.807, 2.05) is 47.9 Å². The average Bonchev–Trinajstić information content (AvgIpc) is 3.04. The normalized spacial score (nSPS) is 10.7. The molecule has 6 heteroatoms. The smallest absolute Gasteiger partial charge is 0.269 e. The van der Waals surface area contributed by atoms with Gasteiger partial charge in [0.05, 0.1) is 11.0 Å². The van der Waals surface area contributed by atoms with Crippen molar-refractivity contribution in [1.29, 1.82) is 0 Å². The topological polar surface area (TPSA) is 76.0 Å². The molecule has 2 amide bonds. The maximum atomic E-state index is 12.3. The SMILES string of the molecule is CCc1ccc(C(=O)NNC(=O)Cn2c(CC)nc3ccccc32)cc1. The fourth-order valence-electron chi connectivity index (χ4n) is 2.85. The van der Waals surface area contributed by atoms with Gasteiger partial charge in [-0.15, -0.1) is 0 Å². The summed E-state index contributed by atoms with van der Waals surface area (Å²) in [6.07, 6.45) is 1.63. The van der Waals surface area contributed by atoms with Crippen LogP contribution in [0.4, 0.5) is 0 Å². The van der Waals surface area contributed by atoms with Gasteiger partial charge in [-0.1, -0.05) is 38.1 Å². The monoisotopic (exact) mass is 350 g/mol. The number of rotatable bonds is 5. The Labute approximate surface area is 152 Å². The molecule has 1 heterocycles. The van der Waals surface area contributed by atoms with E-state index in [0.717, 1.165) is 35.3 Å². The van der Waals surface area contributed by atoms with Crippen molar-refractivity contribution in [2.24, 2.45) is 0 Å². The highest BCUT2D eigenvalue weighted by molar-refractivity contribution is 5.95. The summed E-state index contributed by atoms with van der Waals surface area (Å²) in [5.74, 6) is 0.191. The molecule has 0 spiro atoms. The summed E-state index contributed by atoms with van der Waals surface area (Å²) in [6.45, 7) is 4.15. The van der Waals surface area contributed by atoms with Gasteiger partial charge in [-0.05, 0) is 36.2 Å². The maximum absolute atomic E-state index is 12.3. The second-order valence-corrected chi connectivity index (χ2v) is 6.01. The summed E-state index contributed by atoms with van der Waals surface area (Å²) >= 11 is 0. The summed E-state index contributed by atoms with van der Waals surface area (Å²) in [5, 5.41) is 0. The Balaban J connectivity index is 1.65. The summed E-state index contributed by atoms with van der Waals surface area (Å²) in [4.78, 5) is 29.0. The van der Waals surface area contributed by atoms with Gasteiger partial charge in [0.2, 0.25) is 0 Å². The minimum atomic E-state index is -0.341. The van der Waals surface area contributed by atoms with Crippen LogP contribution in [-0.2, 0) is 24.2 Å². The second kappa shape index (κ2) is 7.82. The van der Waals surface area contributed by atoms with Gasteiger partial charge in [-0.25, -0.2) is 4.98 Å². The minimum Gasteiger partial charge on any atom is -0.318 e. The molecule has 0 fully saturated rings. The van der Waals surface area contributed by atoms with Crippen molar-refractivity contribution in [3.8, 4) is 0 Å². The number of nitrogens with one attached hydrogen (secondary N) is 2. The molecule has 0 saturated heterocycles. The lowest BCUT2D eigenvalue weighted by Crippen LogP contribution is -2.43. The molecule has 3 aromatic rings. The third kappa shape index (κ3) is 3.74. The number of imidazole rings is 1. The zero-order valence-electron chi connectivity index (χ0n) is 15.0. The predicted octanol–water partition coefficient (Wildman–Crippen LogP) is 2.62. The molecule has 134 valence electrons. The van der Waals surface area contributed by atoms with Crippen molar-refractivity contribution in [2.75, 3.05) is 0 Å². The lowest BCUT2D eigenvalue weighted by molar-refractivity contribution is -0.122. The average molecular weight is 350 g/mol. The Kier molecular flexibility index (Phi) is 5.31. The van der Waals surface area contributed by atoms with E-state index >= 15 is 0 Å². The Morgan fingerprint density at radius 2 is 1.69 bits per heavy atom. The number of carbonyl (C=O) groups is 2. The minimum absolute atomic E-state index is 0.0960. The highest BCUT2D eigenvalue weighted by atomic mass is 16.2. The van der Waals surface area contributed by atoms with Gasteiger partial charge in [0.15, 0.2) is 0 Å². The Morgan fingerprint density at radius 1 is 0.962 bits per heavy atom. The van der Waals surface area contributed by atoms with Crippen LogP contribution in [0.25, 0.3) is 11.0 Å². The van der Waals surface area contributed by atoms with Crippen LogP contribution in [0.3, 0.4) is 0 Å².